The average molecular weight is 273 g/mol. The molecule has 4 heteroatoms. The number of hydrogen-bond acceptors (Lipinski definition) is 3. The molecule has 108 valence electrons. The Hall–Kier alpha value is -1.81. The van der Waals surface area contributed by atoms with E-state index in [1.807, 2.05) is 37.0 Å². The van der Waals surface area contributed by atoms with Crippen LogP contribution in [0.25, 0.3) is 0 Å². The maximum atomic E-state index is 5.44. The van der Waals surface area contributed by atoms with Crippen LogP contribution in [0.4, 0.5) is 0 Å². The molecule has 0 saturated carbocycles. The summed E-state index contributed by atoms with van der Waals surface area (Å²) in [5, 5.41) is 7.91. The van der Waals surface area contributed by atoms with Crippen LogP contribution in [-0.2, 0) is 13.5 Å². The molecule has 1 heterocycles. The second-order valence-corrected chi connectivity index (χ2v) is 5.07. The van der Waals surface area contributed by atoms with Gasteiger partial charge in [-0.1, -0.05) is 18.2 Å². The Balaban J connectivity index is 2.34. The molecule has 0 amide bonds. The highest BCUT2D eigenvalue weighted by atomic mass is 16.5. The molecule has 20 heavy (non-hydrogen) atoms. The summed E-state index contributed by atoms with van der Waals surface area (Å²) in [6, 6.07) is 8.40. The fraction of sp³-hybridized carbons (Fsp3) is 0.438. The lowest BCUT2D eigenvalue weighted by Crippen LogP contribution is -2.20. The summed E-state index contributed by atoms with van der Waals surface area (Å²) >= 11 is 0. The van der Waals surface area contributed by atoms with Crippen molar-refractivity contribution < 1.29 is 4.74 Å². The number of aromatic nitrogens is 2. The van der Waals surface area contributed by atoms with Gasteiger partial charge in [-0.05, 0) is 38.9 Å². The van der Waals surface area contributed by atoms with E-state index in [1.165, 1.54) is 16.8 Å². The summed E-state index contributed by atoms with van der Waals surface area (Å²) < 4.78 is 7.39. The minimum atomic E-state index is 0.236. The van der Waals surface area contributed by atoms with Crippen LogP contribution in [0, 0.1) is 13.8 Å². The normalized spacial score (nSPS) is 12.4. The summed E-state index contributed by atoms with van der Waals surface area (Å²) in [4.78, 5) is 0. The summed E-state index contributed by atoms with van der Waals surface area (Å²) in [5.74, 6) is 0.937. The van der Waals surface area contributed by atoms with Crippen molar-refractivity contribution in [2.24, 2.45) is 7.05 Å². The van der Waals surface area contributed by atoms with Crippen molar-refractivity contribution in [3.05, 3.63) is 46.8 Å². The molecule has 0 aliphatic carbocycles. The molecule has 0 bridgehead atoms. The number of methoxy groups -OCH3 is 1. The molecule has 4 nitrogen and oxygen atoms in total. The van der Waals surface area contributed by atoms with Crippen molar-refractivity contribution in [1.29, 1.82) is 0 Å². The predicted molar refractivity (Wildman–Crippen MR) is 81.2 cm³/mol. The largest absolute Gasteiger partial charge is 0.496 e. The van der Waals surface area contributed by atoms with Crippen molar-refractivity contribution in [3.8, 4) is 5.75 Å². The highest BCUT2D eigenvalue weighted by Crippen LogP contribution is 2.28. The average Bonchev–Trinajstić information content (AvgIpc) is 2.70. The molecule has 1 N–H and O–H groups in total. The first-order valence-corrected chi connectivity index (χ1v) is 6.87. The van der Waals surface area contributed by atoms with Crippen LogP contribution < -0.4 is 10.1 Å². The third-order valence-corrected chi connectivity index (χ3v) is 3.88. The molecule has 0 aliphatic heterocycles. The third-order valence-electron chi connectivity index (χ3n) is 3.88. The Morgan fingerprint density at radius 1 is 1.30 bits per heavy atom. The summed E-state index contributed by atoms with van der Waals surface area (Å²) in [6.07, 6.45) is 0.883. The van der Waals surface area contributed by atoms with Crippen LogP contribution in [0.1, 0.15) is 28.6 Å². The second-order valence-electron chi connectivity index (χ2n) is 5.07. The number of aryl methyl sites for hydroxylation is 2. The van der Waals surface area contributed by atoms with Crippen molar-refractivity contribution >= 4 is 0 Å². The standard InChI is InChI=1S/C16H23N3O/c1-11-16(12(2)19(4)18-11)14(17-3)10-13-8-6-7-9-15(13)20-5/h6-9,14,17H,10H2,1-5H3. The molecule has 1 aromatic heterocycles. The van der Waals surface area contributed by atoms with Gasteiger partial charge in [-0.2, -0.15) is 5.10 Å². The summed E-state index contributed by atoms with van der Waals surface area (Å²) in [6.45, 7) is 4.18. The third kappa shape index (κ3) is 2.70. The molecular formula is C16H23N3O. The lowest BCUT2D eigenvalue weighted by Gasteiger charge is -2.18. The fourth-order valence-corrected chi connectivity index (χ4v) is 2.73. The molecule has 0 spiro atoms. The number of benzene rings is 1. The van der Waals surface area contributed by atoms with Gasteiger partial charge in [-0.3, -0.25) is 4.68 Å². The molecule has 0 fully saturated rings. The maximum absolute atomic E-state index is 5.44. The topological polar surface area (TPSA) is 39.1 Å². The van der Waals surface area contributed by atoms with E-state index in [1.54, 1.807) is 7.11 Å². The lowest BCUT2D eigenvalue weighted by atomic mass is 9.97. The zero-order chi connectivity index (χ0) is 14.7. The summed E-state index contributed by atoms with van der Waals surface area (Å²) in [7, 11) is 5.70. The number of nitrogens with one attached hydrogen (secondary N) is 1. The van der Waals surface area contributed by atoms with E-state index >= 15 is 0 Å². The predicted octanol–water partition coefficient (Wildman–Crippen LogP) is 2.55. The molecule has 0 aliphatic rings. The van der Waals surface area contributed by atoms with E-state index in [2.05, 4.69) is 30.3 Å². The zero-order valence-corrected chi connectivity index (χ0v) is 12.9. The summed E-state index contributed by atoms with van der Waals surface area (Å²) in [5.41, 5.74) is 4.77. The van der Waals surface area contributed by atoms with E-state index in [-0.39, 0.29) is 6.04 Å². The molecule has 0 saturated heterocycles. The number of para-hydroxylation sites is 1. The highest BCUT2D eigenvalue weighted by molar-refractivity contribution is 5.37. The second kappa shape index (κ2) is 6.09. The minimum Gasteiger partial charge on any atom is -0.496 e. The molecule has 2 aromatic rings. The molecule has 2 rings (SSSR count). The van der Waals surface area contributed by atoms with Crippen molar-refractivity contribution in [2.45, 2.75) is 26.3 Å². The van der Waals surface area contributed by atoms with Gasteiger partial charge in [-0.25, -0.2) is 0 Å². The minimum absolute atomic E-state index is 0.236. The Labute approximate surface area is 120 Å². The van der Waals surface area contributed by atoms with Crippen LogP contribution in [-0.4, -0.2) is 23.9 Å². The SMILES string of the molecule is CNC(Cc1ccccc1OC)c1c(C)nn(C)c1C. The first kappa shape index (κ1) is 14.6. The zero-order valence-electron chi connectivity index (χ0n) is 12.9. The van der Waals surface area contributed by atoms with Gasteiger partial charge in [0.15, 0.2) is 0 Å². The number of rotatable bonds is 5. The first-order chi connectivity index (χ1) is 9.58. The first-order valence-electron chi connectivity index (χ1n) is 6.87. The van der Waals surface area contributed by atoms with Crippen molar-refractivity contribution in [3.63, 3.8) is 0 Å². The Morgan fingerprint density at radius 3 is 2.55 bits per heavy atom. The van der Waals surface area contributed by atoms with Crippen LogP contribution >= 0.6 is 0 Å². The Morgan fingerprint density at radius 2 is 2.00 bits per heavy atom. The van der Waals surface area contributed by atoms with E-state index in [9.17, 15) is 0 Å². The molecule has 1 atom stereocenters. The van der Waals surface area contributed by atoms with E-state index < -0.39 is 0 Å². The van der Waals surface area contributed by atoms with Gasteiger partial charge in [0.1, 0.15) is 5.75 Å². The van der Waals surface area contributed by atoms with Crippen LogP contribution in [0.5, 0.6) is 5.75 Å². The van der Waals surface area contributed by atoms with Crippen molar-refractivity contribution in [2.75, 3.05) is 14.2 Å². The Kier molecular flexibility index (Phi) is 4.45. The van der Waals surface area contributed by atoms with E-state index in [4.69, 9.17) is 4.74 Å². The monoisotopic (exact) mass is 273 g/mol. The molecule has 1 aromatic carbocycles. The van der Waals surface area contributed by atoms with E-state index in [0.29, 0.717) is 0 Å². The number of hydrogen-bond donors (Lipinski definition) is 1. The van der Waals surface area contributed by atoms with Gasteiger partial charge in [0.2, 0.25) is 0 Å². The quantitative estimate of drug-likeness (QED) is 0.910. The lowest BCUT2D eigenvalue weighted by molar-refractivity contribution is 0.406. The highest BCUT2D eigenvalue weighted by Gasteiger charge is 2.20. The molecule has 1 unspecified atom stereocenters. The van der Waals surface area contributed by atoms with Crippen LogP contribution in [0.2, 0.25) is 0 Å². The number of ether oxygens (including phenoxy) is 1. The van der Waals surface area contributed by atoms with Gasteiger partial charge in [0.25, 0.3) is 0 Å². The van der Waals surface area contributed by atoms with Gasteiger partial charge in [-0.15, -0.1) is 0 Å². The smallest absolute Gasteiger partial charge is 0.122 e. The number of likely N-dealkylation sites (N-methyl/N-ethyl adjacent to an activating group) is 1. The van der Waals surface area contributed by atoms with Gasteiger partial charge < -0.3 is 10.1 Å². The number of nitrogens with zero attached hydrogens (tertiary/aromatic N) is 2. The Bertz CT molecular complexity index is 589. The fourth-order valence-electron chi connectivity index (χ4n) is 2.73. The van der Waals surface area contributed by atoms with Gasteiger partial charge >= 0.3 is 0 Å². The van der Waals surface area contributed by atoms with Crippen LogP contribution in [0.15, 0.2) is 24.3 Å². The van der Waals surface area contributed by atoms with Gasteiger partial charge in [0.05, 0.1) is 12.8 Å². The van der Waals surface area contributed by atoms with Crippen LogP contribution in [0.3, 0.4) is 0 Å². The molecule has 0 radical (unpaired) electrons. The molecular weight excluding hydrogens is 250 g/mol. The van der Waals surface area contributed by atoms with Crippen molar-refractivity contribution in [1.82, 2.24) is 15.1 Å². The van der Waals surface area contributed by atoms with E-state index in [0.717, 1.165) is 17.9 Å². The maximum Gasteiger partial charge on any atom is 0.122 e. The van der Waals surface area contributed by atoms with Gasteiger partial charge in [0, 0.05) is 24.3 Å².